The first-order valence-corrected chi connectivity index (χ1v) is 8.95. The molecule has 2 heterocycles. The van der Waals surface area contributed by atoms with Crippen molar-refractivity contribution >= 4 is 23.9 Å². The minimum atomic E-state index is -1.35. The molecule has 1 fully saturated rings. The van der Waals surface area contributed by atoms with Crippen LogP contribution in [0.4, 0.5) is 9.18 Å². The molecule has 3 amide bonds. The molecular formula is C20H21FN2O6. The van der Waals surface area contributed by atoms with E-state index in [-0.39, 0.29) is 24.2 Å². The number of amides is 3. The third-order valence-electron chi connectivity index (χ3n) is 4.65. The summed E-state index contributed by atoms with van der Waals surface area (Å²) in [5, 5.41) is 0.367. The van der Waals surface area contributed by atoms with Crippen LogP contribution in [-0.4, -0.2) is 52.5 Å². The standard InChI is InChI=1S/C20H21FN2O6/c1-12(21)20(10-22(11-20)18(27)28-19(2,3)4)9-15(24)29-23-16(25)13-7-5-6-8-14(13)17(23)26/h5-8H,1,9-11H2,2-4H3. The molecule has 3 rings (SSSR count). The molecule has 1 aromatic rings. The number of carbonyl (C=O) groups is 4. The maximum absolute atomic E-state index is 14.1. The Bertz CT molecular complexity index is 879. The highest BCUT2D eigenvalue weighted by Crippen LogP contribution is 2.42. The molecule has 154 valence electrons. The van der Waals surface area contributed by atoms with Gasteiger partial charge in [-0.1, -0.05) is 23.8 Å². The lowest BCUT2D eigenvalue weighted by Crippen LogP contribution is -2.60. The van der Waals surface area contributed by atoms with E-state index in [4.69, 9.17) is 9.57 Å². The predicted molar refractivity (Wildman–Crippen MR) is 98.1 cm³/mol. The highest BCUT2D eigenvalue weighted by atomic mass is 19.1. The van der Waals surface area contributed by atoms with Crippen molar-refractivity contribution in [2.75, 3.05) is 13.1 Å². The maximum Gasteiger partial charge on any atom is 0.410 e. The summed E-state index contributed by atoms with van der Waals surface area (Å²) in [6.07, 6.45) is -1.13. The smallest absolute Gasteiger partial charge is 0.410 e. The number of hydrogen-bond acceptors (Lipinski definition) is 6. The van der Waals surface area contributed by atoms with Crippen LogP contribution >= 0.6 is 0 Å². The lowest BCUT2D eigenvalue weighted by molar-refractivity contribution is -0.173. The molecule has 8 nitrogen and oxygen atoms in total. The van der Waals surface area contributed by atoms with Crippen LogP contribution in [0.1, 0.15) is 47.9 Å². The fourth-order valence-corrected chi connectivity index (χ4v) is 3.18. The van der Waals surface area contributed by atoms with Crippen LogP contribution in [-0.2, 0) is 14.4 Å². The second kappa shape index (κ2) is 6.98. The van der Waals surface area contributed by atoms with Crippen LogP contribution in [0.2, 0.25) is 0 Å². The molecule has 9 heteroatoms. The van der Waals surface area contributed by atoms with Crippen molar-refractivity contribution in [1.82, 2.24) is 9.96 Å². The second-order valence-corrected chi connectivity index (χ2v) is 8.11. The van der Waals surface area contributed by atoms with Gasteiger partial charge in [0.2, 0.25) is 0 Å². The Morgan fingerprint density at radius 2 is 1.66 bits per heavy atom. The molecule has 0 aromatic heterocycles. The largest absolute Gasteiger partial charge is 0.444 e. The van der Waals surface area contributed by atoms with Crippen LogP contribution in [0.15, 0.2) is 36.7 Å². The van der Waals surface area contributed by atoms with Gasteiger partial charge in [-0.15, -0.1) is 0 Å². The minimum absolute atomic E-state index is 0.120. The third-order valence-corrected chi connectivity index (χ3v) is 4.65. The van der Waals surface area contributed by atoms with Gasteiger partial charge in [0.25, 0.3) is 11.8 Å². The van der Waals surface area contributed by atoms with Gasteiger partial charge in [-0.3, -0.25) is 9.59 Å². The van der Waals surface area contributed by atoms with E-state index in [2.05, 4.69) is 6.58 Å². The predicted octanol–water partition coefficient (Wildman–Crippen LogP) is 2.85. The zero-order valence-corrected chi connectivity index (χ0v) is 16.4. The van der Waals surface area contributed by atoms with Crippen molar-refractivity contribution in [3.05, 3.63) is 47.8 Å². The Hall–Kier alpha value is -3.23. The average Bonchev–Trinajstić information content (AvgIpc) is 2.81. The molecule has 0 radical (unpaired) electrons. The molecule has 0 spiro atoms. The van der Waals surface area contributed by atoms with E-state index in [0.717, 1.165) is 0 Å². The summed E-state index contributed by atoms with van der Waals surface area (Å²) >= 11 is 0. The van der Waals surface area contributed by atoms with E-state index < -0.39 is 47.1 Å². The number of likely N-dealkylation sites (tertiary alicyclic amines) is 1. The molecule has 1 saturated heterocycles. The lowest BCUT2D eigenvalue weighted by atomic mass is 9.76. The van der Waals surface area contributed by atoms with Gasteiger partial charge in [-0.25, -0.2) is 14.0 Å². The minimum Gasteiger partial charge on any atom is -0.444 e. The van der Waals surface area contributed by atoms with Gasteiger partial charge in [0.1, 0.15) is 11.4 Å². The number of hydroxylamine groups is 2. The summed E-state index contributed by atoms with van der Waals surface area (Å²) in [6, 6.07) is 6.05. The van der Waals surface area contributed by atoms with E-state index in [1.54, 1.807) is 32.9 Å². The maximum atomic E-state index is 14.1. The molecule has 0 atom stereocenters. The monoisotopic (exact) mass is 404 g/mol. The Morgan fingerprint density at radius 1 is 1.14 bits per heavy atom. The van der Waals surface area contributed by atoms with Crippen LogP contribution in [0.25, 0.3) is 0 Å². The molecule has 0 aliphatic carbocycles. The van der Waals surface area contributed by atoms with Crippen molar-refractivity contribution in [2.45, 2.75) is 32.8 Å². The summed E-state index contributed by atoms with van der Waals surface area (Å²) in [4.78, 5) is 55.1. The summed E-state index contributed by atoms with van der Waals surface area (Å²) in [5.74, 6) is -3.31. The van der Waals surface area contributed by atoms with E-state index in [0.29, 0.717) is 5.06 Å². The van der Waals surface area contributed by atoms with Crippen molar-refractivity contribution in [3.63, 3.8) is 0 Å². The first-order chi connectivity index (χ1) is 13.4. The molecule has 0 N–H and O–H groups in total. The molecular weight excluding hydrogens is 383 g/mol. The summed E-state index contributed by atoms with van der Waals surface area (Å²) < 4.78 is 19.3. The van der Waals surface area contributed by atoms with Gasteiger partial charge in [-0.05, 0) is 32.9 Å². The number of rotatable bonds is 4. The molecule has 29 heavy (non-hydrogen) atoms. The Labute approximate surface area is 166 Å². The summed E-state index contributed by atoms with van der Waals surface area (Å²) in [5.41, 5.74) is -1.83. The first kappa shape index (κ1) is 20.5. The summed E-state index contributed by atoms with van der Waals surface area (Å²) in [6.45, 7) is 8.10. The molecule has 0 unspecified atom stereocenters. The highest BCUT2D eigenvalue weighted by Gasteiger charge is 2.51. The Kier molecular flexibility index (Phi) is 4.94. The fourth-order valence-electron chi connectivity index (χ4n) is 3.18. The Balaban J connectivity index is 1.64. The van der Waals surface area contributed by atoms with E-state index in [1.807, 2.05) is 0 Å². The van der Waals surface area contributed by atoms with Crippen LogP contribution in [0, 0.1) is 5.41 Å². The zero-order valence-electron chi connectivity index (χ0n) is 16.4. The number of ether oxygens (including phenoxy) is 1. The molecule has 0 saturated carbocycles. The van der Waals surface area contributed by atoms with Crippen molar-refractivity contribution in [1.29, 1.82) is 0 Å². The van der Waals surface area contributed by atoms with Gasteiger partial charge in [-0.2, -0.15) is 0 Å². The van der Waals surface area contributed by atoms with E-state index in [1.165, 1.54) is 17.0 Å². The number of nitrogens with zero attached hydrogens (tertiary/aromatic N) is 2. The number of imide groups is 1. The van der Waals surface area contributed by atoms with Crippen LogP contribution < -0.4 is 0 Å². The van der Waals surface area contributed by atoms with Gasteiger partial charge in [0, 0.05) is 13.1 Å². The quantitative estimate of drug-likeness (QED) is 0.717. The fraction of sp³-hybridized carbons (Fsp3) is 0.400. The van der Waals surface area contributed by atoms with E-state index in [9.17, 15) is 23.6 Å². The lowest BCUT2D eigenvalue weighted by Gasteiger charge is -2.48. The van der Waals surface area contributed by atoms with Gasteiger partial charge in [0.15, 0.2) is 0 Å². The highest BCUT2D eigenvalue weighted by molar-refractivity contribution is 6.20. The van der Waals surface area contributed by atoms with Crippen molar-refractivity contribution in [3.8, 4) is 0 Å². The third kappa shape index (κ3) is 3.85. The number of benzene rings is 1. The number of hydrogen-bond donors (Lipinski definition) is 0. The van der Waals surface area contributed by atoms with Crippen LogP contribution in [0.5, 0.6) is 0 Å². The topological polar surface area (TPSA) is 93.2 Å². The van der Waals surface area contributed by atoms with E-state index >= 15 is 0 Å². The number of fused-ring (bicyclic) bond motifs is 1. The van der Waals surface area contributed by atoms with Crippen molar-refractivity contribution < 1.29 is 33.1 Å². The number of carbonyl (C=O) groups excluding carboxylic acids is 4. The average molecular weight is 404 g/mol. The van der Waals surface area contributed by atoms with Gasteiger partial charge < -0.3 is 14.5 Å². The van der Waals surface area contributed by atoms with Gasteiger partial charge in [0.05, 0.1) is 23.0 Å². The zero-order chi connectivity index (χ0) is 21.6. The summed E-state index contributed by atoms with van der Waals surface area (Å²) in [7, 11) is 0. The van der Waals surface area contributed by atoms with Gasteiger partial charge >= 0.3 is 12.1 Å². The second-order valence-electron chi connectivity index (χ2n) is 8.11. The molecule has 2 aliphatic rings. The normalized spacial score (nSPS) is 17.5. The Morgan fingerprint density at radius 3 is 2.10 bits per heavy atom. The molecule has 2 aliphatic heterocycles. The number of halogens is 1. The van der Waals surface area contributed by atoms with Crippen molar-refractivity contribution in [2.24, 2.45) is 5.41 Å². The SMILES string of the molecule is C=C(F)C1(CC(=O)ON2C(=O)c3ccccc3C2=O)CN(C(=O)OC(C)(C)C)C1. The molecule has 1 aromatic carbocycles. The molecule has 0 bridgehead atoms. The van der Waals surface area contributed by atoms with Crippen LogP contribution in [0.3, 0.4) is 0 Å². The first-order valence-electron chi connectivity index (χ1n) is 8.95.